The molecule has 0 aliphatic carbocycles. The van der Waals surface area contributed by atoms with Gasteiger partial charge in [-0.15, -0.1) is 0 Å². The molecule has 2 nitrogen and oxygen atoms in total. The van der Waals surface area contributed by atoms with E-state index in [2.05, 4.69) is 55.4 Å². The molecular weight excluding hydrogens is 346 g/mol. The third kappa shape index (κ3) is 3.31. The van der Waals surface area contributed by atoms with Gasteiger partial charge in [0.05, 0.1) is 6.61 Å². The fourth-order valence-corrected chi connectivity index (χ4v) is 3.72. The van der Waals surface area contributed by atoms with Gasteiger partial charge in [0.15, 0.2) is 0 Å². The molecule has 0 saturated carbocycles. The maximum absolute atomic E-state index is 5.59. The van der Waals surface area contributed by atoms with E-state index in [0.717, 1.165) is 28.6 Å². The van der Waals surface area contributed by atoms with Crippen LogP contribution in [-0.4, -0.2) is 20.3 Å². The van der Waals surface area contributed by atoms with Crippen LogP contribution in [0.1, 0.15) is 24.4 Å². The Morgan fingerprint density at radius 3 is 2.82 bits per heavy atom. The summed E-state index contributed by atoms with van der Waals surface area (Å²) in [6.45, 7) is 1.77. The van der Waals surface area contributed by atoms with Gasteiger partial charge in [-0.25, -0.2) is 0 Å². The van der Waals surface area contributed by atoms with E-state index < -0.39 is 0 Å². The van der Waals surface area contributed by atoms with Crippen molar-refractivity contribution in [1.82, 2.24) is 5.32 Å². The molecule has 1 N–H and O–H groups in total. The second-order valence-electron chi connectivity index (χ2n) is 4.41. The average Bonchev–Trinajstić information content (AvgIpc) is 2.34. The SMILES string of the molecule is CNC(c1ccc(Br)cc1Br)C1CCCOC1. The first-order chi connectivity index (χ1) is 8.22. The third-order valence-electron chi connectivity index (χ3n) is 3.28. The molecule has 1 aliphatic heterocycles. The zero-order valence-electron chi connectivity index (χ0n) is 9.88. The standard InChI is InChI=1S/C13H17Br2NO/c1-16-13(9-3-2-6-17-8-9)11-5-4-10(14)7-12(11)15/h4-5,7,9,13,16H,2-3,6,8H2,1H3. The zero-order chi connectivity index (χ0) is 12.3. The predicted molar refractivity (Wildman–Crippen MR) is 77.2 cm³/mol. The summed E-state index contributed by atoms with van der Waals surface area (Å²) >= 11 is 7.13. The lowest BCUT2D eigenvalue weighted by Crippen LogP contribution is -2.31. The van der Waals surface area contributed by atoms with Crippen molar-refractivity contribution >= 4 is 31.9 Å². The second-order valence-corrected chi connectivity index (χ2v) is 6.18. The molecule has 0 spiro atoms. The minimum Gasteiger partial charge on any atom is -0.381 e. The highest BCUT2D eigenvalue weighted by atomic mass is 79.9. The van der Waals surface area contributed by atoms with Gasteiger partial charge in [-0.1, -0.05) is 37.9 Å². The monoisotopic (exact) mass is 361 g/mol. The number of benzene rings is 1. The summed E-state index contributed by atoms with van der Waals surface area (Å²) < 4.78 is 7.84. The van der Waals surface area contributed by atoms with E-state index in [-0.39, 0.29) is 0 Å². The number of hydrogen-bond acceptors (Lipinski definition) is 2. The molecule has 17 heavy (non-hydrogen) atoms. The Bertz CT molecular complexity index is 378. The number of nitrogens with one attached hydrogen (secondary N) is 1. The Hall–Kier alpha value is 0.1000. The van der Waals surface area contributed by atoms with Gasteiger partial charge < -0.3 is 10.1 Å². The van der Waals surface area contributed by atoms with E-state index in [4.69, 9.17) is 4.74 Å². The summed E-state index contributed by atoms with van der Waals surface area (Å²) in [5.74, 6) is 0.561. The van der Waals surface area contributed by atoms with Crippen LogP contribution >= 0.6 is 31.9 Å². The Balaban J connectivity index is 2.21. The van der Waals surface area contributed by atoms with Crippen LogP contribution in [-0.2, 0) is 4.74 Å². The molecule has 1 heterocycles. The van der Waals surface area contributed by atoms with Crippen molar-refractivity contribution in [3.63, 3.8) is 0 Å². The van der Waals surface area contributed by atoms with Gasteiger partial charge in [0.1, 0.15) is 0 Å². The predicted octanol–water partition coefficient (Wildman–Crippen LogP) is 3.90. The largest absolute Gasteiger partial charge is 0.381 e. The van der Waals surface area contributed by atoms with E-state index in [1.807, 2.05) is 7.05 Å². The molecule has 1 saturated heterocycles. The fraction of sp³-hybridized carbons (Fsp3) is 0.538. The molecule has 0 bridgehead atoms. The zero-order valence-corrected chi connectivity index (χ0v) is 13.1. The van der Waals surface area contributed by atoms with Crippen LogP contribution in [0.4, 0.5) is 0 Å². The van der Waals surface area contributed by atoms with Gasteiger partial charge in [0.2, 0.25) is 0 Å². The van der Waals surface area contributed by atoms with Gasteiger partial charge in [-0.2, -0.15) is 0 Å². The van der Waals surface area contributed by atoms with Gasteiger partial charge in [0, 0.05) is 27.5 Å². The van der Waals surface area contributed by atoms with Crippen LogP contribution < -0.4 is 5.32 Å². The first kappa shape index (κ1) is 13.5. The summed E-state index contributed by atoms with van der Waals surface area (Å²) in [4.78, 5) is 0. The first-order valence-electron chi connectivity index (χ1n) is 5.92. The van der Waals surface area contributed by atoms with Crippen molar-refractivity contribution in [3.05, 3.63) is 32.7 Å². The summed E-state index contributed by atoms with van der Waals surface area (Å²) in [6, 6.07) is 6.72. The van der Waals surface area contributed by atoms with Crippen LogP contribution in [0.2, 0.25) is 0 Å². The van der Waals surface area contributed by atoms with Crippen molar-refractivity contribution in [2.75, 3.05) is 20.3 Å². The van der Waals surface area contributed by atoms with E-state index >= 15 is 0 Å². The Morgan fingerprint density at radius 1 is 1.41 bits per heavy atom. The first-order valence-corrected chi connectivity index (χ1v) is 7.51. The highest BCUT2D eigenvalue weighted by Gasteiger charge is 2.25. The van der Waals surface area contributed by atoms with Gasteiger partial charge in [-0.3, -0.25) is 0 Å². The lowest BCUT2D eigenvalue weighted by atomic mass is 9.89. The number of rotatable bonds is 3. The number of hydrogen-bond donors (Lipinski definition) is 1. The maximum atomic E-state index is 5.59. The van der Waals surface area contributed by atoms with Crippen molar-refractivity contribution in [2.45, 2.75) is 18.9 Å². The van der Waals surface area contributed by atoms with Crippen LogP contribution in [0.25, 0.3) is 0 Å². The van der Waals surface area contributed by atoms with Gasteiger partial charge in [-0.05, 0) is 37.6 Å². The molecule has 94 valence electrons. The lowest BCUT2D eigenvalue weighted by Gasteiger charge is -2.31. The second kappa shape index (κ2) is 6.32. The van der Waals surface area contributed by atoms with E-state index in [0.29, 0.717) is 12.0 Å². The molecule has 0 radical (unpaired) electrons. The minimum absolute atomic E-state index is 0.359. The van der Waals surface area contributed by atoms with Crippen LogP contribution in [0.3, 0.4) is 0 Å². The Labute approximate surface area is 119 Å². The number of ether oxygens (including phenoxy) is 1. The van der Waals surface area contributed by atoms with Crippen molar-refractivity contribution < 1.29 is 4.74 Å². The minimum atomic E-state index is 0.359. The highest BCUT2D eigenvalue weighted by molar-refractivity contribution is 9.11. The molecule has 2 atom stereocenters. The quantitative estimate of drug-likeness (QED) is 0.880. The van der Waals surface area contributed by atoms with Crippen molar-refractivity contribution in [1.29, 1.82) is 0 Å². The number of halogens is 2. The maximum Gasteiger partial charge on any atom is 0.0512 e. The van der Waals surface area contributed by atoms with Crippen LogP contribution in [0.15, 0.2) is 27.1 Å². The molecular formula is C13H17Br2NO. The summed E-state index contributed by atoms with van der Waals surface area (Å²) in [5.41, 5.74) is 1.31. The fourth-order valence-electron chi connectivity index (χ4n) is 2.43. The average molecular weight is 363 g/mol. The normalized spacial score (nSPS) is 22.4. The Morgan fingerprint density at radius 2 is 2.24 bits per heavy atom. The molecule has 1 aromatic carbocycles. The van der Waals surface area contributed by atoms with Crippen molar-refractivity contribution in [2.24, 2.45) is 5.92 Å². The molecule has 0 aromatic heterocycles. The van der Waals surface area contributed by atoms with Gasteiger partial charge in [0.25, 0.3) is 0 Å². The van der Waals surface area contributed by atoms with E-state index in [1.54, 1.807) is 0 Å². The van der Waals surface area contributed by atoms with Crippen molar-refractivity contribution in [3.8, 4) is 0 Å². The smallest absolute Gasteiger partial charge is 0.0512 e. The molecule has 2 rings (SSSR count). The molecule has 0 amide bonds. The third-order valence-corrected chi connectivity index (χ3v) is 4.46. The summed E-state index contributed by atoms with van der Waals surface area (Å²) in [7, 11) is 2.02. The molecule has 1 fully saturated rings. The van der Waals surface area contributed by atoms with Crippen LogP contribution in [0, 0.1) is 5.92 Å². The summed E-state index contributed by atoms with van der Waals surface area (Å²) in [6.07, 6.45) is 2.39. The molecule has 1 aliphatic rings. The highest BCUT2D eigenvalue weighted by Crippen LogP contribution is 2.34. The van der Waals surface area contributed by atoms with Crippen LogP contribution in [0.5, 0.6) is 0 Å². The van der Waals surface area contributed by atoms with E-state index in [1.165, 1.54) is 12.0 Å². The van der Waals surface area contributed by atoms with E-state index in [9.17, 15) is 0 Å². The molecule has 1 aromatic rings. The lowest BCUT2D eigenvalue weighted by molar-refractivity contribution is 0.0401. The molecule has 2 unspecified atom stereocenters. The molecule has 4 heteroatoms. The topological polar surface area (TPSA) is 21.3 Å². The Kier molecular flexibility index (Phi) is 5.03. The van der Waals surface area contributed by atoms with Gasteiger partial charge >= 0.3 is 0 Å². The summed E-state index contributed by atoms with van der Waals surface area (Å²) in [5, 5.41) is 3.42.